The van der Waals surface area contributed by atoms with Gasteiger partial charge in [0.05, 0.1) is 10.7 Å². The zero-order chi connectivity index (χ0) is 17.5. The molecule has 138 valence electrons. The average Bonchev–Trinajstić information content (AvgIpc) is 2.89. The van der Waals surface area contributed by atoms with Crippen molar-refractivity contribution in [2.45, 2.75) is 26.8 Å². The predicted molar refractivity (Wildman–Crippen MR) is 117 cm³/mol. The van der Waals surface area contributed by atoms with Gasteiger partial charge in [-0.1, -0.05) is 6.07 Å². The van der Waals surface area contributed by atoms with Crippen LogP contribution in [-0.2, 0) is 13.0 Å². The second-order valence-electron chi connectivity index (χ2n) is 5.73. The monoisotopic (exact) mass is 474 g/mol. The van der Waals surface area contributed by atoms with Gasteiger partial charge in [-0.05, 0) is 19.9 Å². The molecule has 2 aromatic rings. The summed E-state index contributed by atoms with van der Waals surface area (Å²) >= 11 is 1.76. The lowest BCUT2D eigenvalue weighted by molar-refractivity contribution is 0.787. The largest absolute Gasteiger partial charge is 0.362 e. The van der Waals surface area contributed by atoms with Crippen LogP contribution in [0.3, 0.4) is 0 Å². The maximum Gasteiger partial charge on any atom is 0.191 e. The number of pyridine rings is 1. The Morgan fingerprint density at radius 2 is 2.04 bits per heavy atom. The van der Waals surface area contributed by atoms with Crippen LogP contribution in [0, 0.1) is 13.8 Å². The fourth-order valence-electron chi connectivity index (χ4n) is 2.30. The van der Waals surface area contributed by atoms with E-state index in [-0.39, 0.29) is 24.0 Å². The Labute approximate surface area is 171 Å². The topological polar surface area (TPSA) is 65.4 Å². The molecule has 0 aromatic carbocycles. The van der Waals surface area contributed by atoms with Crippen LogP contribution >= 0.6 is 35.3 Å². The zero-order valence-corrected chi connectivity index (χ0v) is 18.6. The smallest absolute Gasteiger partial charge is 0.191 e. The highest BCUT2D eigenvalue weighted by molar-refractivity contribution is 14.0. The highest BCUT2D eigenvalue weighted by Crippen LogP contribution is 2.16. The van der Waals surface area contributed by atoms with Crippen LogP contribution in [0.1, 0.15) is 21.1 Å². The van der Waals surface area contributed by atoms with Crippen molar-refractivity contribution in [1.82, 2.24) is 20.6 Å². The molecule has 0 aliphatic carbocycles. The van der Waals surface area contributed by atoms with Crippen LogP contribution in [0.2, 0.25) is 0 Å². The molecule has 0 bridgehead atoms. The van der Waals surface area contributed by atoms with Gasteiger partial charge in [0.25, 0.3) is 0 Å². The second-order valence-corrected chi connectivity index (χ2v) is 7.02. The van der Waals surface area contributed by atoms with Gasteiger partial charge in [0.1, 0.15) is 5.82 Å². The summed E-state index contributed by atoms with van der Waals surface area (Å²) in [6, 6.07) is 4.02. The summed E-state index contributed by atoms with van der Waals surface area (Å²) in [6.45, 7) is 5.65. The lowest BCUT2D eigenvalue weighted by Gasteiger charge is -2.17. The average molecular weight is 474 g/mol. The first-order valence-electron chi connectivity index (χ1n) is 8.00. The Hall–Kier alpha value is -1.42. The van der Waals surface area contributed by atoms with Crippen LogP contribution < -0.4 is 15.5 Å². The predicted octanol–water partition coefficient (Wildman–Crippen LogP) is 2.75. The van der Waals surface area contributed by atoms with Gasteiger partial charge in [0, 0.05) is 57.3 Å². The third kappa shape index (κ3) is 6.43. The summed E-state index contributed by atoms with van der Waals surface area (Å²) in [5, 5.41) is 7.84. The molecule has 0 aliphatic rings. The number of halogens is 1. The van der Waals surface area contributed by atoms with Crippen molar-refractivity contribution in [3.05, 3.63) is 39.5 Å². The number of rotatable bonds is 6. The van der Waals surface area contributed by atoms with Crippen molar-refractivity contribution in [3.8, 4) is 0 Å². The van der Waals surface area contributed by atoms with Crippen LogP contribution in [0.25, 0.3) is 0 Å². The number of aromatic nitrogens is 2. The molecule has 2 rings (SSSR count). The standard InChI is InChI=1S/C17H26N6S.HI/c1-12-13(2)24-15(22-12)8-10-20-17(18-3)21-11-14-7-6-9-19-16(14)23(4)5;/h6-7,9H,8,10-11H2,1-5H3,(H2,18,20,21);1H. The van der Waals surface area contributed by atoms with E-state index in [1.54, 1.807) is 18.4 Å². The number of nitrogens with zero attached hydrogens (tertiary/aromatic N) is 4. The van der Waals surface area contributed by atoms with E-state index in [0.29, 0.717) is 6.54 Å². The van der Waals surface area contributed by atoms with E-state index in [1.165, 1.54) is 4.88 Å². The molecule has 25 heavy (non-hydrogen) atoms. The minimum atomic E-state index is 0. The molecule has 2 N–H and O–H groups in total. The molecule has 8 heteroatoms. The first-order chi connectivity index (χ1) is 11.5. The number of anilines is 1. The molecule has 0 aliphatic heterocycles. The van der Waals surface area contributed by atoms with Crippen molar-refractivity contribution in [2.24, 2.45) is 4.99 Å². The molecular formula is C17H27IN6S. The van der Waals surface area contributed by atoms with Crippen LogP contribution in [0.5, 0.6) is 0 Å². The summed E-state index contributed by atoms with van der Waals surface area (Å²) in [5.74, 6) is 1.75. The number of thiazole rings is 1. The number of nitrogens with one attached hydrogen (secondary N) is 2. The normalized spacial score (nSPS) is 11.0. The van der Waals surface area contributed by atoms with E-state index in [1.807, 2.05) is 31.3 Å². The fourth-order valence-corrected chi connectivity index (χ4v) is 3.24. The summed E-state index contributed by atoms with van der Waals surface area (Å²) < 4.78 is 0. The minimum absolute atomic E-state index is 0. The molecule has 0 saturated carbocycles. The maximum atomic E-state index is 4.56. The summed E-state index contributed by atoms with van der Waals surface area (Å²) in [4.78, 5) is 16.6. The van der Waals surface area contributed by atoms with Gasteiger partial charge in [-0.3, -0.25) is 4.99 Å². The first kappa shape index (κ1) is 21.6. The number of guanidine groups is 1. The maximum absolute atomic E-state index is 4.56. The van der Waals surface area contributed by atoms with Crippen molar-refractivity contribution in [3.63, 3.8) is 0 Å². The van der Waals surface area contributed by atoms with Crippen molar-refractivity contribution in [2.75, 3.05) is 32.6 Å². The molecule has 0 saturated heterocycles. The second kappa shape index (κ2) is 10.5. The van der Waals surface area contributed by atoms with Gasteiger partial charge in [-0.15, -0.1) is 35.3 Å². The molecule has 2 heterocycles. The molecule has 0 unspecified atom stereocenters. The Balaban J connectivity index is 0.00000312. The van der Waals surface area contributed by atoms with Crippen LogP contribution in [0.15, 0.2) is 23.3 Å². The highest BCUT2D eigenvalue weighted by atomic mass is 127. The van der Waals surface area contributed by atoms with Gasteiger partial charge in [0.15, 0.2) is 5.96 Å². The van der Waals surface area contributed by atoms with Crippen LogP contribution in [0.4, 0.5) is 5.82 Å². The van der Waals surface area contributed by atoms with E-state index in [2.05, 4.69) is 45.5 Å². The number of aliphatic imine (C=N–C) groups is 1. The first-order valence-corrected chi connectivity index (χ1v) is 8.81. The lowest BCUT2D eigenvalue weighted by Crippen LogP contribution is -2.38. The molecule has 0 radical (unpaired) electrons. The molecule has 0 atom stereocenters. The van der Waals surface area contributed by atoms with Gasteiger partial charge in [0.2, 0.25) is 0 Å². The van der Waals surface area contributed by atoms with E-state index in [4.69, 9.17) is 0 Å². The van der Waals surface area contributed by atoms with E-state index < -0.39 is 0 Å². The molecule has 2 aromatic heterocycles. The molecule has 0 fully saturated rings. The highest BCUT2D eigenvalue weighted by Gasteiger charge is 2.07. The number of hydrogen-bond donors (Lipinski definition) is 2. The lowest BCUT2D eigenvalue weighted by atomic mass is 10.2. The molecule has 0 spiro atoms. The molecule has 0 amide bonds. The third-order valence-corrected chi connectivity index (χ3v) is 4.80. The SMILES string of the molecule is CN=C(NCCc1nc(C)c(C)s1)NCc1cccnc1N(C)C.I. The Morgan fingerprint density at radius 3 is 2.64 bits per heavy atom. The fraction of sp³-hybridized carbons (Fsp3) is 0.471. The van der Waals surface area contributed by atoms with Gasteiger partial charge in [-0.25, -0.2) is 9.97 Å². The van der Waals surface area contributed by atoms with Gasteiger partial charge in [-0.2, -0.15) is 0 Å². The molecule has 6 nitrogen and oxygen atoms in total. The zero-order valence-electron chi connectivity index (χ0n) is 15.5. The van der Waals surface area contributed by atoms with E-state index >= 15 is 0 Å². The third-order valence-electron chi connectivity index (χ3n) is 3.67. The minimum Gasteiger partial charge on any atom is -0.362 e. The quantitative estimate of drug-likeness (QED) is 0.383. The molecular weight excluding hydrogens is 447 g/mol. The van der Waals surface area contributed by atoms with Crippen molar-refractivity contribution < 1.29 is 0 Å². The summed E-state index contributed by atoms with van der Waals surface area (Å²) in [7, 11) is 5.77. The number of aryl methyl sites for hydroxylation is 2. The van der Waals surface area contributed by atoms with E-state index in [9.17, 15) is 0 Å². The Morgan fingerprint density at radius 1 is 1.28 bits per heavy atom. The van der Waals surface area contributed by atoms with Crippen molar-refractivity contribution in [1.29, 1.82) is 0 Å². The van der Waals surface area contributed by atoms with E-state index in [0.717, 1.165) is 41.0 Å². The Bertz CT molecular complexity index is 679. The summed E-state index contributed by atoms with van der Waals surface area (Å²) in [6.07, 6.45) is 2.71. The van der Waals surface area contributed by atoms with Crippen LogP contribution in [-0.4, -0.2) is 43.6 Å². The number of hydrogen-bond acceptors (Lipinski definition) is 5. The Kier molecular flexibility index (Phi) is 9.12. The van der Waals surface area contributed by atoms with Crippen molar-refractivity contribution >= 4 is 47.1 Å². The van der Waals surface area contributed by atoms with Gasteiger partial charge < -0.3 is 15.5 Å². The van der Waals surface area contributed by atoms with Gasteiger partial charge >= 0.3 is 0 Å². The summed E-state index contributed by atoms with van der Waals surface area (Å²) in [5.41, 5.74) is 2.27.